The molecule has 0 fully saturated rings. The number of benzene rings is 1. The highest BCUT2D eigenvalue weighted by Gasteiger charge is 2.22. The molecule has 0 aliphatic heterocycles. The first kappa shape index (κ1) is 14.5. The highest BCUT2D eigenvalue weighted by Crippen LogP contribution is 2.22. The lowest BCUT2D eigenvalue weighted by Crippen LogP contribution is -2.30. The second-order valence-corrected chi connectivity index (χ2v) is 5.88. The predicted octanol–water partition coefficient (Wildman–Crippen LogP) is 2.52. The van der Waals surface area contributed by atoms with E-state index in [9.17, 15) is 0 Å². The van der Waals surface area contributed by atoms with Gasteiger partial charge >= 0.3 is 0 Å². The highest BCUT2D eigenvalue weighted by atomic mass is 16.5. The normalized spacial score (nSPS) is 11.7. The van der Waals surface area contributed by atoms with Crippen LogP contribution in [0.3, 0.4) is 0 Å². The summed E-state index contributed by atoms with van der Waals surface area (Å²) < 4.78 is 5.26. The first-order chi connectivity index (χ1) is 9.27. The van der Waals surface area contributed by atoms with Crippen molar-refractivity contribution in [3.05, 3.63) is 41.0 Å². The number of hydrogen-bond donors (Lipinski definition) is 1. The van der Waals surface area contributed by atoms with E-state index in [0.29, 0.717) is 18.3 Å². The van der Waals surface area contributed by atoms with E-state index in [4.69, 9.17) is 10.3 Å². The molecule has 0 saturated carbocycles. The Morgan fingerprint density at radius 2 is 2.00 bits per heavy atom. The number of nitrogens with two attached hydrogens (primary N) is 1. The maximum absolute atomic E-state index is 5.95. The minimum atomic E-state index is -0.583. The van der Waals surface area contributed by atoms with Crippen LogP contribution in [0.1, 0.15) is 36.7 Å². The molecule has 5 nitrogen and oxygen atoms in total. The molecule has 0 atom stereocenters. The van der Waals surface area contributed by atoms with Crippen LogP contribution in [0.5, 0.6) is 0 Å². The van der Waals surface area contributed by atoms with Crippen molar-refractivity contribution in [2.24, 2.45) is 5.73 Å². The molecular formula is C15H22N4O. The van der Waals surface area contributed by atoms with Gasteiger partial charge in [-0.15, -0.1) is 0 Å². The summed E-state index contributed by atoms with van der Waals surface area (Å²) in [6.07, 6.45) is 0. The van der Waals surface area contributed by atoms with Crippen LogP contribution in [0.15, 0.2) is 22.7 Å². The Morgan fingerprint density at radius 1 is 1.30 bits per heavy atom. The smallest absolute Gasteiger partial charge is 0.246 e. The van der Waals surface area contributed by atoms with E-state index in [0.717, 1.165) is 5.69 Å². The Labute approximate surface area is 119 Å². The van der Waals surface area contributed by atoms with Gasteiger partial charge in [0.05, 0.1) is 12.1 Å². The minimum absolute atomic E-state index is 0.529. The third-order valence-corrected chi connectivity index (χ3v) is 3.18. The molecule has 2 rings (SSSR count). The molecule has 5 heteroatoms. The summed E-state index contributed by atoms with van der Waals surface area (Å²) in [6.45, 7) is 8.46. The van der Waals surface area contributed by atoms with Crippen LogP contribution < -0.4 is 10.6 Å². The summed E-state index contributed by atoms with van der Waals surface area (Å²) in [4.78, 5) is 6.44. The number of aryl methyl sites for hydroxylation is 2. The van der Waals surface area contributed by atoms with E-state index in [1.54, 1.807) is 0 Å². The predicted molar refractivity (Wildman–Crippen MR) is 79.5 cm³/mol. The molecule has 2 N–H and O–H groups in total. The second kappa shape index (κ2) is 5.25. The maximum atomic E-state index is 5.95. The van der Waals surface area contributed by atoms with Crippen molar-refractivity contribution in [2.75, 3.05) is 11.9 Å². The molecule has 0 radical (unpaired) electrons. The fraction of sp³-hybridized carbons (Fsp3) is 0.467. The number of rotatable bonds is 4. The zero-order chi connectivity index (χ0) is 14.9. The fourth-order valence-electron chi connectivity index (χ4n) is 2.10. The molecular weight excluding hydrogens is 252 g/mol. The molecule has 0 spiro atoms. The van der Waals surface area contributed by atoms with Crippen LogP contribution >= 0.6 is 0 Å². The number of nitrogens with zero attached hydrogens (tertiary/aromatic N) is 3. The van der Waals surface area contributed by atoms with Crippen molar-refractivity contribution in [1.29, 1.82) is 0 Å². The zero-order valence-corrected chi connectivity index (χ0v) is 12.8. The average molecular weight is 274 g/mol. The number of anilines is 1. The van der Waals surface area contributed by atoms with Gasteiger partial charge in [-0.05, 0) is 39.3 Å². The van der Waals surface area contributed by atoms with Crippen LogP contribution in [-0.2, 0) is 12.1 Å². The molecule has 20 heavy (non-hydrogen) atoms. The Bertz CT molecular complexity index is 598. The molecule has 108 valence electrons. The van der Waals surface area contributed by atoms with Gasteiger partial charge in [-0.3, -0.25) is 0 Å². The topological polar surface area (TPSA) is 68.2 Å². The molecule has 0 bridgehead atoms. The monoisotopic (exact) mass is 274 g/mol. The Kier molecular flexibility index (Phi) is 3.81. The van der Waals surface area contributed by atoms with Crippen molar-refractivity contribution >= 4 is 5.69 Å². The van der Waals surface area contributed by atoms with Crippen LogP contribution in [0.2, 0.25) is 0 Å². The van der Waals surface area contributed by atoms with E-state index in [-0.39, 0.29) is 0 Å². The van der Waals surface area contributed by atoms with Gasteiger partial charge in [0.2, 0.25) is 5.89 Å². The second-order valence-electron chi connectivity index (χ2n) is 5.88. The van der Waals surface area contributed by atoms with E-state index < -0.39 is 5.54 Å². The van der Waals surface area contributed by atoms with Gasteiger partial charge in [0.25, 0.3) is 0 Å². The minimum Gasteiger partial charge on any atom is -0.365 e. The first-order valence-electron chi connectivity index (χ1n) is 6.67. The van der Waals surface area contributed by atoms with E-state index >= 15 is 0 Å². The van der Waals surface area contributed by atoms with E-state index in [1.807, 2.05) is 20.9 Å². The van der Waals surface area contributed by atoms with Crippen molar-refractivity contribution in [2.45, 2.75) is 39.8 Å². The summed E-state index contributed by atoms with van der Waals surface area (Å²) >= 11 is 0. The Morgan fingerprint density at radius 3 is 2.55 bits per heavy atom. The molecule has 0 aliphatic rings. The molecule has 2 aromatic rings. The van der Waals surface area contributed by atoms with Crippen LogP contribution in [0.4, 0.5) is 5.69 Å². The lowest BCUT2D eigenvalue weighted by atomic mass is 10.1. The molecule has 1 heterocycles. The zero-order valence-electron chi connectivity index (χ0n) is 12.8. The van der Waals surface area contributed by atoms with Gasteiger partial charge in [0.15, 0.2) is 5.82 Å². The van der Waals surface area contributed by atoms with E-state index in [1.165, 1.54) is 11.1 Å². The van der Waals surface area contributed by atoms with Gasteiger partial charge in [-0.2, -0.15) is 4.98 Å². The summed E-state index contributed by atoms with van der Waals surface area (Å²) in [5, 5.41) is 3.93. The van der Waals surface area contributed by atoms with E-state index in [2.05, 4.69) is 47.1 Å². The van der Waals surface area contributed by atoms with Crippen LogP contribution in [-0.4, -0.2) is 17.2 Å². The third kappa shape index (κ3) is 3.17. The highest BCUT2D eigenvalue weighted by molar-refractivity contribution is 5.53. The quantitative estimate of drug-likeness (QED) is 0.927. The molecule has 0 saturated heterocycles. The number of aromatic nitrogens is 2. The van der Waals surface area contributed by atoms with Crippen LogP contribution in [0, 0.1) is 13.8 Å². The summed E-state index contributed by atoms with van der Waals surface area (Å²) in [7, 11) is 2.01. The fourth-order valence-corrected chi connectivity index (χ4v) is 2.10. The Hall–Kier alpha value is -1.88. The third-order valence-electron chi connectivity index (χ3n) is 3.18. The largest absolute Gasteiger partial charge is 0.365 e. The molecule has 1 aromatic heterocycles. The van der Waals surface area contributed by atoms with Crippen LogP contribution in [0.25, 0.3) is 0 Å². The Balaban J connectivity index is 2.15. The molecule has 0 unspecified atom stereocenters. The SMILES string of the molecule is Cc1ccc(N(C)Cc2nc(C(C)(C)N)no2)c(C)c1. The van der Waals surface area contributed by atoms with Crippen molar-refractivity contribution in [1.82, 2.24) is 10.1 Å². The molecule has 0 amide bonds. The van der Waals surface area contributed by atoms with Crippen molar-refractivity contribution in [3.8, 4) is 0 Å². The average Bonchev–Trinajstić information content (AvgIpc) is 2.76. The van der Waals surface area contributed by atoms with Gasteiger partial charge in [0.1, 0.15) is 0 Å². The van der Waals surface area contributed by atoms with Crippen molar-refractivity contribution in [3.63, 3.8) is 0 Å². The lowest BCUT2D eigenvalue weighted by molar-refractivity contribution is 0.360. The molecule has 0 aliphatic carbocycles. The summed E-state index contributed by atoms with van der Waals surface area (Å²) in [6, 6.07) is 6.37. The summed E-state index contributed by atoms with van der Waals surface area (Å²) in [5.74, 6) is 1.10. The molecule has 1 aromatic carbocycles. The van der Waals surface area contributed by atoms with Gasteiger partial charge in [0, 0.05) is 12.7 Å². The van der Waals surface area contributed by atoms with Gasteiger partial charge in [-0.25, -0.2) is 0 Å². The summed E-state index contributed by atoms with van der Waals surface area (Å²) in [5.41, 5.74) is 9.01. The first-order valence-corrected chi connectivity index (χ1v) is 6.67. The lowest BCUT2D eigenvalue weighted by Gasteiger charge is -2.19. The van der Waals surface area contributed by atoms with Gasteiger partial charge < -0.3 is 15.2 Å². The van der Waals surface area contributed by atoms with Crippen molar-refractivity contribution < 1.29 is 4.52 Å². The maximum Gasteiger partial charge on any atom is 0.246 e. The number of hydrogen-bond acceptors (Lipinski definition) is 5. The van der Waals surface area contributed by atoms with Gasteiger partial charge in [-0.1, -0.05) is 22.9 Å². The standard InChI is InChI=1S/C15H22N4O/c1-10-6-7-12(11(2)8-10)19(5)9-13-17-14(18-20-13)15(3,4)16/h6-8H,9,16H2,1-5H3.